The lowest BCUT2D eigenvalue weighted by Gasteiger charge is -2.10. The van der Waals surface area contributed by atoms with E-state index >= 15 is 0 Å². The summed E-state index contributed by atoms with van der Waals surface area (Å²) in [4.78, 5) is 13.2. The van der Waals surface area contributed by atoms with Crippen LogP contribution in [0.3, 0.4) is 0 Å². The molecule has 0 atom stereocenters. The van der Waals surface area contributed by atoms with E-state index in [1.807, 2.05) is 35.3 Å². The molecule has 4 rings (SSSR count). The molecule has 3 aromatic carbocycles. The van der Waals surface area contributed by atoms with Crippen LogP contribution in [-0.2, 0) is 17.3 Å². The molecule has 1 heterocycles. The van der Waals surface area contributed by atoms with Crippen molar-refractivity contribution in [1.82, 2.24) is 15.0 Å². The molecular formula is C33H39N3O3S3. The summed E-state index contributed by atoms with van der Waals surface area (Å²) in [5.41, 5.74) is 7.72. The predicted molar refractivity (Wildman–Crippen MR) is 178 cm³/mol. The van der Waals surface area contributed by atoms with E-state index in [1.165, 1.54) is 33.4 Å². The van der Waals surface area contributed by atoms with Gasteiger partial charge in [0, 0.05) is 34.5 Å². The van der Waals surface area contributed by atoms with Gasteiger partial charge in [-0.25, -0.2) is 0 Å². The summed E-state index contributed by atoms with van der Waals surface area (Å²) in [5.74, 6) is 5.25. The smallest absolute Gasteiger partial charge is 0.325 e. The van der Waals surface area contributed by atoms with Crippen molar-refractivity contribution >= 4 is 35.3 Å². The van der Waals surface area contributed by atoms with E-state index in [4.69, 9.17) is 14.2 Å². The van der Waals surface area contributed by atoms with Gasteiger partial charge in [0.05, 0.1) is 0 Å². The van der Waals surface area contributed by atoms with Crippen molar-refractivity contribution in [2.75, 3.05) is 37.1 Å². The van der Waals surface area contributed by atoms with Crippen LogP contribution in [0.4, 0.5) is 0 Å². The number of ether oxygens (including phenoxy) is 3. The largest absolute Gasteiger partial charge is 0.462 e. The summed E-state index contributed by atoms with van der Waals surface area (Å²) in [5, 5.41) is 0. The Balaban J connectivity index is 1.23. The lowest BCUT2D eigenvalue weighted by atomic mass is 10.2. The Kier molecular flexibility index (Phi) is 13.7. The number of nitrogens with zero attached hydrogens (tertiary/aromatic N) is 3. The normalized spacial score (nSPS) is 10.9. The number of aromatic nitrogens is 3. The van der Waals surface area contributed by atoms with Crippen LogP contribution in [0.15, 0.2) is 72.8 Å². The number of benzene rings is 3. The minimum absolute atomic E-state index is 0.227. The number of hydrogen-bond acceptors (Lipinski definition) is 9. The van der Waals surface area contributed by atoms with Gasteiger partial charge in [-0.1, -0.05) is 89.5 Å². The quantitative estimate of drug-likeness (QED) is 0.104. The molecular weight excluding hydrogens is 583 g/mol. The molecule has 0 amide bonds. The van der Waals surface area contributed by atoms with Crippen LogP contribution >= 0.6 is 35.3 Å². The average Bonchev–Trinajstić information content (AvgIpc) is 2.99. The van der Waals surface area contributed by atoms with Gasteiger partial charge in [0.2, 0.25) is 0 Å². The summed E-state index contributed by atoms with van der Waals surface area (Å²) in [6.07, 6.45) is 0. The first-order chi connectivity index (χ1) is 20.5. The Morgan fingerprint density at radius 1 is 0.429 bits per heavy atom. The molecule has 0 saturated carbocycles. The van der Waals surface area contributed by atoms with Gasteiger partial charge < -0.3 is 14.2 Å². The maximum Gasteiger partial charge on any atom is 0.325 e. The topological polar surface area (TPSA) is 66.4 Å². The van der Waals surface area contributed by atoms with Crippen LogP contribution in [0.1, 0.15) is 33.4 Å². The molecule has 42 heavy (non-hydrogen) atoms. The van der Waals surface area contributed by atoms with Crippen LogP contribution in [0.2, 0.25) is 0 Å². The van der Waals surface area contributed by atoms with Crippen LogP contribution < -0.4 is 14.2 Å². The zero-order valence-electron chi connectivity index (χ0n) is 24.6. The lowest BCUT2D eigenvalue weighted by molar-refractivity contribution is 0.254. The highest BCUT2D eigenvalue weighted by Gasteiger charge is 2.11. The molecule has 0 saturated heterocycles. The first-order valence-corrected chi connectivity index (χ1v) is 17.5. The van der Waals surface area contributed by atoms with Gasteiger partial charge in [-0.15, -0.1) is 15.0 Å². The molecule has 0 aliphatic carbocycles. The summed E-state index contributed by atoms with van der Waals surface area (Å²) in [7, 11) is 0. The van der Waals surface area contributed by atoms with Crippen molar-refractivity contribution in [1.29, 1.82) is 0 Å². The van der Waals surface area contributed by atoms with E-state index in [2.05, 4.69) is 109 Å². The van der Waals surface area contributed by atoms with Crippen molar-refractivity contribution in [2.24, 2.45) is 0 Å². The molecule has 0 fully saturated rings. The summed E-state index contributed by atoms with van der Waals surface area (Å²) in [6.45, 7) is 7.76. The van der Waals surface area contributed by atoms with Crippen LogP contribution in [0, 0.1) is 20.8 Å². The lowest BCUT2D eigenvalue weighted by Crippen LogP contribution is -2.11. The molecule has 4 aromatic rings. The fourth-order valence-corrected chi connectivity index (χ4v) is 6.03. The van der Waals surface area contributed by atoms with E-state index < -0.39 is 0 Å². The summed E-state index contributed by atoms with van der Waals surface area (Å²) < 4.78 is 17.6. The summed E-state index contributed by atoms with van der Waals surface area (Å²) >= 11 is 5.44. The van der Waals surface area contributed by atoms with E-state index in [0.29, 0.717) is 19.8 Å². The molecule has 1 aromatic heterocycles. The highest BCUT2D eigenvalue weighted by atomic mass is 32.2. The minimum atomic E-state index is 0.227. The second-order valence-electron chi connectivity index (χ2n) is 9.84. The van der Waals surface area contributed by atoms with Crippen LogP contribution in [0.5, 0.6) is 18.0 Å². The Labute approximate surface area is 262 Å². The SMILES string of the molecule is Cc1ccc(CSCCOc2nc(OCCSCc3ccc(C)cc3)nc(OCCSCc3ccc(C)cc3)n2)cc1. The van der Waals surface area contributed by atoms with E-state index in [9.17, 15) is 0 Å². The maximum absolute atomic E-state index is 5.88. The standard InChI is InChI=1S/C33H39N3O3S3/c1-25-4-10-28(11-5-25)22-40-19-16-37-31-34-32(38-17-20-41-23-29-12-6-26(2)7-13-29)36-33(35-31)39-18-21-42-24-30-14-8-27(3)9-15-30/h4-15H,16-24H2,1-3H3. The molecule has 0 spiro atoms. The first kappa shape index (κ1) is 32.0. The third-order valence-corrected chi connectivity index (χ3v) is 9.10. The van der Waals surface area contributed by atoms with E-state index in [0.717, 1.165) is 34.5 Å². The zero-order valence-corrected chi connectivity index (χ0v) is 27.0. The fourth-order valence-electron chi connectivity index (χ4n) is 3.71. The van der Waals surface area contributed by atoms with Crippen molar-refractivity contribution in [3.63, 3.8) is 0 Å². The van der Waals surface area contributed by atoms with Crippen molar-refractivity contribution < 1.29 is 14.2 Å². The van der Waals surface area contributed by atoms with Gasteiger partial charge in [-0.05, 0) is 37.5 Å². The highest BCUT2D eigenvalue weighted by molar-refractivity contribution is 7.98. The second-order valence-corrected chi connectivity index (χ2v) is 13.2. The number of rotatable bonds is 18. The van der Waals surface area contributed by atoms with Gasteiger partial charge in [0.1, 0.15) is 19.8 Å². The van der Waals surface area contributed by atoms with Crippen LogP contribution in [0.25, 0.3) is 0 Å². The third kappa shape index (κ3) is 12.2. The number of aryl methyl sites for hydroxylation is 3. The molecule has 0 bridgehead atoms. The Morgan fingerprint density at radius 3 is 0.952 bits per heavy atom. The molecule has 0 aliphatic heterocycles. The van der Waals surface area contributed by atoms with Crippen molar-refractivity contribution in [2.45, 2.75) is 38.0 Å². The van der Waals surface area contributed by atoms with Crippen molar-refractivity contribution in [3.05, 3.63) is 106 Å². The predicted octanol–water partition coefficient (Wildman–Crippen LogP) is 7.73. The number of hydrogen-bond donors (Lipinski definition) is 0. The molecule has 222 valence electrons. The second kappa shape index (κ2) is 17.9. The monoisotopic (exact) mass is 621 g/mol. The molecule has 0 unspecified atom stereocenters. The van der Waals surface area contributed by atoms with Gasteiger partial charge in [-0.3, -0.25) is 0 Å². The average molecular weight is 622 g/mol. The Bertz CT molecular complexity index is 1160. The minimum Gasteiger partial charge on any atom is -0.462 e. The fraction of sp³-hybridized carbons (Fsp3) is 0.364. The Hall–Kier alpha value is -2.88. The molecule has 0 aliphatic rings. The first-order valence-electron chi connectivity index (χ1n) is 14.1. The van der Waals surface area contributed by atoms with Gasteiger partial charge in [-0.2, -0.15) is 35.3 Å². The summed E-state index contributed by atoms with van der Waals surface area (Å²) in [6, 6.07) is 26.5. The molecule has 0 N–H and O–H groups in total. The molecule has 6 nitrogen and oxygen atoms in total. The third-order valence-electron chi connectivity index (χ3n) is 6.12. The zero-order chi connectivity index (χ0) is 29.4. The van der Waals surface area contributed by atoms with Crippen LogP contribution in [-0.4, -0.2) is 52.0 Å². The van der Waals surface area contributed by atoms with Gasteiger partial charge in [0.25, 0.3) is 0 Å². The van der Waals surface area contributed by atoms with E-state index in [1.54, 1.807) is 0 Å². The van der Waals surface area contributed by atoms with Gasteiger partial charge >= 0.3 is 18.0 Å². The highest BCUT2D eigenvalue weighted by Crippen LogP contribution is 2.19. The maximum atomic E-state index is 5.88. The van der Waals surface area contributed by atoms with Crippen molar-refractivity contribution in [3.8, 4) is 18.0 Å². The van der Waals surface area contributed by atoms with Gasteiger partial charge in [0.15, 0.2) is 0 Å². The Morgan fingerprint density at radius 2 is 0.690 bits per heavy atom. The molecule has 0 radical (unpaired) electrons. The molecule has 9 heteroatoms. The van der Waals surface area contributed by atoms with E-state index in [-0.39, 0.29) is 18.0 Å². The number of thioether (sulfide) groups is 3.